The number of hydrogen-bond acceptors (Lipinski definition) is 4. The van der Waals surface area contributed by atoms with Crippen molar-refractivity contribution in [1.82, 2.24) is 9.88 Å². The number of likely N-dealkylation sites (tertiary alicyclic amines) is 1. The van der Waals surface area contributed by atoms with Crippen LogP contribution in [0.4, 0.5) is 0 Å². The Morgan fingerprint density at radius 3 is 2.43 bits per heavy atom. The van der Waals surface area contributed by atoms with Crippen LogP contribution in [0.5, 0.6) is 11.5 Å². The van der Waals surface area contributed by atoms with E-state index in [4.69, 9.17) is 9.47 Å². The number of pyridine rings is 1. The summed E-state index contributed by atoms with van der Waals surface area (Å²) in [6.07, 6.45) is 3.72. The van der Waals surface area contributed by atoms with Gasteiger partial charge < -0.3 is 9.47 Å². The molecule has 1 saturated heterocycles. The highest BCUT2D eigenvalue weighted by molar-refractivity contribution is 5.48. The molecule has 0 spiro atoms. The lowest BCUT2D eigenvalue weighted by Crippen LogP contribution is -2.38. The van der Waals surface area contributed by atoms with Gasteiger partial charge in [-0.25, -0.2) is 0 Å². The fourth-order valence-corrected chi connectivity index (χ4v) is 4.84. The molecule has 0 amide bonds. The van der Waals surface area contributed by atoms with Gasteiger partial charge in [0.2, 0.25) is 0 Å². The normalized spacial score (nSPS) is 20.8. The summed E-state index contributed by atoms with van der Waals surface area (Å²) in [6, 6.07) is 9.23. The summed E-state index contributed by atoms with van der Waals surface area (Å²) in [7, 11) is 0. The van der Waals surface area contributed by atoms with Crippen molar-refractivity contribution in [3.05, 3.63) is 52.3 Å². The predicted octanol–water partition coefficient (Wildman–Crippen LogP) is 4.79. The van der Waals surface area contributed by atoms with Crippen molar-refractivity contribution in [1.29, 1.82) is 0 Å². The number of ether oxygens (including phenoxy) is 2. The highest BCUT2D eigenvalue weighted by atomic mass is 16.6. The molecule has 2 unspecified atom stereocenters. The second-order valence-corrected chi connectivity index (χ2v) is 8.49. The molecule has 28 heavy (non-hydrogen) atoms. The molecule has 1 aromatic carbocycles. The maximum atomic E-state index is 5.83. The lowest BCUT2D eigenvalue weighted by atomic mass is 9.89. The molecular formula is C24H32N2O2. The van der Waals surface area contributed by atoms with Crippen LogP contribution in [0.2, 0.25) is 0 Å². The third-order valence-electron chi connectivity index (χ3n) is 6.14. The Morgan fingerprint density at radius 1 is 1.04 bits per heavy atom. The Hall–Kier alpha value is -2.07. The van der Waals surface area contributed by atoms with E-state index in [1.54, 1.807) is 0 Å². The van der Waals surface area contributed by atoms with E-state index >= 15 is 0 Å². The van der Waals surface area contributed by atoms with E-state index in [0.29, 0.717) is 25.2 Å². The SMILES string of the molecule is Cc1cc(CC2CCCN(C(C)c3cc4c(cc3C)OCCO4)C2)cc(C)n1. The molecule has 3 heterocycles. The monoisotopic (exact) mass is 380 g/mol. The van der Waals surface area contributed by atoms with Crippen LogP contribution in [0, 0.1) is 26.7 Å². The first-order valence-electron chi connectivity index (χ1n) is 10.6. The van der Waals surface area contributed by atoms with Crippen LogP contribution >= 0.6 is 0 Å². The zero-order valence-corrected chi connectivity index (χ0v) is 17.6. The highest BCUT2D eigenvalue weighted by Crippen LogP contribution is 2.37. The zero-order valence-electron chi connectivity index (χ0n) is 17.6. The van der Waals surface area contributed by atoms with Crippen LogP contribution in [0.25, 0.3) is 0 Å². The van der Waals surface area contributed by atoms with Crippen LogP contribution in [0.15, 0.2) is 24.3 Å². The maximum Gasteiger partial charge on any atom is 0.161 e. The molecule has 0 radical (unpaired) electrons. The minimum Gasteiger partial charge on any atom is -0.486 e. The summed E-state index contributed by atoms with van der Waals surface area (Å²) >= 11 is 0. The Bertz CT molecular complexity index is 828. The Balaban J connectivity index is 1.48. The van der Waals surface area contributed by atoms with Crippen LogP contribution in [-0.2, 0) is 6.42 Å². The summed E-state index contributed by atoms with van der Waals surface area (Å²) in [6.45, 7) is 12.3. The molecule has 2 atom stereocenters. The van der Waals surface area contributed by atoms with E-state index in [2.05, 4.69) is 61.8 Å². The average molecular weight is 381 g/mol. The van der Waals surface area contributed by atoms with Crippen molar-refractivity contribution < 1.29 is 9.47 Å². The molecule has 2 aliphatic heterocycles. The first-order chi connectivity index (χ1) is 13.5. The molecule has 4 heteroatoms. The number of hydrogen-bond donors (Lipinski definition) is 0. The number of benzene rings is 1. The second-order valence-electron chi connectivity index (χ2n) is 8.49. The number of fused-ring (bicyclic) bond motifs is 1. The van der Waals surface area contributed by atoms with Crippen molar-refractivity contribution in [2.45, 2.75) is 53.0 Å². The second kappa shape index (κ2) is 8.12. The number of piperidine rings is 1. The van der Waals surface area contributed by atoms with E-state index < -0.39 is 0 Å². The quantitative estimate of drug-likeness (QED) is 0.763. The summed E-state index contributed by atoms with van der Waals surface area (Å²) in [5.41, 5.74) is 6.34. The predicted molar refractivity (Wildman–Crippen MR) is 112 cm³/mol. The van der Waals surface area contributed by atoms with Gasteiger partial charge in [-0.1, -0.05) is 0 Å². The van der Waals surface area contributed by atoms with Gasteiger partial charge in [0.25, 0.3) is 0 Å². The summed E-state index contributed by atoms with van der Waals surface area (Å²) in [5.74, 6) is 2.49. The minimum atomic E-state index is 0.388. The van der Waals surface area contributed by atoms with Crippen molar-refractivity contribution in [3.8, 4) is 11.5 Å². The van der Waals surface area contributed by atoms with Crippen molar-refractivity contribution in [2.75, 3.05) is 26.3 Å². The molecule has 0 aliphatic carbocycles. The molecule has 150 valence electrons. The molecule has 2 aromatic rings. The summed E-state index contributed by atoms with van der Waals surface area (Å²) < 4.78 is 11.6. The third kappa shape index (κ3) is 4.17. The first-order valence-corrected chi connectivity index (χ1v) is 10.6. The lowest BCUT2D eigenvalue weighted by molar-refractivity contribution is 0.130. The molecule has 4 rings (SSSR count). The number of nitrogens with zero attached hydrogens (tertiary/aromatic N) is 2. The van der Waals surface area contributed by atoms with Gasteiger partial charge in [0.1, 0.15) is 13.2 Å². The van der Waals surface area contributed by atoms with E-state index in [1.807, 2.05) is 0 Å². The average Bonchev–Trinajstić information content (AvgIpc) is 2.66. The van der Waals surface area contributed by atoms with Crippen LogP contribution in [-0.4, -0.2) is 36.2 Å². The van der Waals surface area contributed by atoms with Gasteiger partial charge in [0.05, 0.1) is 0 Å². The minimum absolute atomic E-state index is 0.388. The van der Waals surface area contributed by atoms with Gasteiger partial charge in [0.15, 0.2) is 11.5 Å². The Labute approximate surface area is 168 Å². The highest BCUT2D eigenvalue weighted by Gasteiger charge is 2.27. The van der Waals surface area contributed by atoms with Crippen molar-refractivity contribution >= 4 is 0 Å². The first kappa shape index (κ1) is 19.3. The van der Waals surface area contributed by atoms with Gasteiger partial charge in [0, 0.05) is 24.0 Å². The summed E-state index contributed by atoms with van der Waals surface area (Å²) in [5, 5.41) is 0. The van der Waals surface area contributed by atoms with Gasteiger partial charge in [-0.2, -0.15) is 0 Å². The molecule has 0 bridgehead atoms. The zero-order chi connectivity index (χ0) is 19.7. The number of aryl methyl sites for hydroxylation is 3. The van der Waals surface area contributed by atoms with E-state index in [9.17, 15) is 0 Å². The molecule has 0 N–H and O–H groups in total. The smallest absolute Gasteiger partial charge is 0.161 e. The van der Waals surface area contributed by atoms with Crippen LogP contribution in [0.3, 0.4) is 0 Å². The topological polar surface area (TPSA) is 34.6 Å². The lowest BCUT2D eigenvalue weighted by Gasteiger charge is -2.38. The molecule has 0 saturated carbocycles. The number of aromatic nitrogens is 1. The van der Waals surface area contributed by atoms with Crippen molar-refractivity contribution in [2.24, 2.45) is 5.92 Å². The molecule has 1 fully saturated rings. The largest absolute Gasteiger partial charge is 0.486 e. The van der Waals surface area contributed by atoms with Crippen molar-refractivity contribution in [3.63, 3.8) is 0 Å². The van der Waals surface area contributed by atoms with Gasteiger partial charge in [-0.3, -0.25) is 9.88 Å². The van der Waals surface area contributed by atoms with E-state index in [1.165, 1.54) is 36.1 Å². The van der Waals surface area contributed by atoms with Crippen LogP contribution < -0.4 is 9.47 Å². The maximum absolute atomic E-state index is 5.83. The van der Waals surface area contributed by atoms with E-state index in [0.717, 1.165) is 35.9 Å². The molecule has 1 aromatic heterocycles. The van der Waals surface area contributed by atoms with Gasteiger partial charge in [-0.15, -0.1) is 0 Å². The van der Waals surface area contributed by atoms with Gasteiger partial charge in [-0.05, 0) is 100 Å². The molecular weight excluding hydrogens is 348 g/mol. The summed E-state index contributed by atoms with van der Waals surface area (Å²) in [4.78, 5) is 7.17. The fraction of sp³-hybridized carbons (Fsp3) is 0.542. The Morgan fingerprint density at radius 2 is 1.71 bits per heavy atom. The standard InChI is InChI=1S/C24H32N2O2/c1-16-10-23-24(28-9-8-27-23)14-22(16)19(4)26-7-5-6-20(15-26)13-21-11-17(2)25-18(3)12-21/h10-12,14,19-20H,5-9,13,15H2,1-4H3. The Kier molecular flexibility index (Phi) is 5.58. The third-order valence-corrected chi connectivity index (χ3v) is 6.14. The number of rotatable bonds is 4. The fourth-order valence-electron chi connectivity index (χ4n) is 4.84. The van der Waals surface area contributed by atoms with Gasteiger partial charge >= 0.3 is 0 Å². The van der Waals surface area contributed by atoms with E-state index in [-0.39, 0.29) is 0 Å². The van der Waals surface area contributed by atoms with Crippen LogP contribution in [0.1, 0.15) is 53.9 Å². The molecule has 4 nitrogen and oxygen atoms in total. The molecule has 2 aliphatic rings.